The molecule has 23 heavy (non-hydrogen) atoms. The number of benzene rings is 2. The molecule has 0 bridgehead atoms. The molecule has 2 aromatic rings. The molecule has 2 aromatic carbocycles. The Morgan fingerprint density at radius 1 is 1.22 bits per heavy atom. The summed E-state index contributed by atoms with van der Waals surface area (Å²) in [5, 5.41) is 8.84. The zero-order chi connectivity index (χ0) is 17.4. The predicted octanol–water partition coefficient (Wildman–Crippen LogP) is 3.43. The van der Waals surface area contributed by atoms with Crippen molar-refractivity contribution in [1.29, 1.82) is 0 Å². The van der Waals surface area contributed by atoms with Crippen molar-refractivity contribution in [1.82, 2.24) is 0 Å². The Morgan fingerprint density at radius 2 is 1.87 bits per heavy atom. The summed E-state index contributed by atoms with van der Waals surface area (Å²) >= 11 is 5.78. The summed E-state index contributed by atoms with van der Waals surface area (Å²) in [6.07, 6.45) is 0. The number of nitrogens with one attached hydrogen (secondary N) is 1. The maximum absolute atomic E-state index is 13.8. The average molecular weight is 362 g/mol. The van der Waals surface area contributed by atoms with Crippen molar-refractivity contribution in [3.05, 3.63) is 58.1 Å². The minimum Gasteiger partial charge on any atom is -0.478 e. The van der Waals surface area contributed by atoms with Gasteiger partial charge in [-0.2, -0.15) is 0 Å². The molecule has 2 rings (SSSR count). The van der Waals surface area contributed by atoms with Gasteiger partial charge in [-0.25, -0.2) is 22.0 Å². The molecule has 0 aliphatic rings. The molecule has 0 heterocycles. The number of carboxylic acid groups (broad SMARTS) is 1. The number of carbonyl (C=O) groups is 1. The largest absolute Gasteiger partial charge is 0.478 e. The normalized spacial score (nSPS) is 11.3. The van der Waals surface area contributed by atoms with Gasteiger partial charge in [0.15, 0.2) is 0 Å². The van der Waals surface area contributed by atoms with Gasteiger partial charge >= 0.3 is 5.97 Å². The molecule has 0 aromatic heterocycles. The highest BCUT2D eigenvalue weighted by molar-refractivity contribution is 7.92. The van der Waals surface area contributed by atoms with Gasteiger partial charge in [0.25, 0.3) is 10.0 Å². The molecule has 0 aliphatic carbocycles. The predicted molar refractivity (Wildman–Crippen MR) is 80.3 cm³/mol. The maximum atomic E-state index is 13.8. The van der Waals surface area contributed by atoms with E-state index in [9.17, 15) is 22.0 Å². The third-order valence-corrected chi connectivity index (χ3v) is 4.83. The molecule has 122 valence electrons. The number of rotatable bonds is 4. The van der Waals surface area contributed by atoms with Crippen molar-refractivity contribution in [3.8, 4) is 0 Å². The molecule has 0 saturated carbocycles. The Bertz CT molecular complexity index is 900. The highest BCUT2D eigenvalue weighted by Gasteiger charge is 2.23. The van der Waals surface area contributed by atoms with Gasteiger partial charge in [-0.05, 0) is 37.3 Å². The van der Waals surface area contributed by atoms with Crippen molar-refractivity contribution in [2.45, 2.75) is 11.8 Å². The molecular weight excluding hydrogens is 352 g/mol. The molecule has 0 amide bonds. The minimum atomic E-state index is -4.37. The van der Waals surface area contributed by atoms with Crippen molar-refractivity contribution < 1.29 is 27.1 Å². The molecule has 0 radical (unpaired) electrons. The van der Waals surface area contributed by atoms with Gasteiger partial charge in [-0.1, -0.05) is 11.6 Å². The highest BCUT2D eigenvalue weighted by Crippen LogP contribution is 2.27. The summed E-state index contributed by atoms with van der Waals surface area (Å²) in [6, 6.07) is 4.57. The van der Waals surface area contributed by atoms with E-state index < -0.39 is 38.1 Å². The number of sulfonamides is 1. The minimum absolute atomic E-state index is 0.0671. The Morgan fingerprint density at radius 3 is 2.48 bits per heavy atom. The van der Waals surface area contributed by atoms with Gasteiger partial charge in [0, 0.05) is 5.56 Å². The summed E-state index contributed by atoms with van der Waals surface area (Å²) in [7, 11) is -4.37. The van der Waals surface area contributed by atoms with E-state index in [2.05, 4.69) is 0 Å². The SMILES string of the molecule is Cc1c(F)cc(C(=O)O)cc1S(=O)(=O)Nc1cc(F)ccc1Cl. The molecule has 0 atom stereocenters. The number of hydrogen-bond donors (Lipinski definition) is 2. The van der Waals surface area contributed by atoms with E-state index in [0.717, 1.165) is 24.3 Å². The van der Waals surface area contributed by atoms with Crippen LogP contribution >= 0.6 is 11.6 Å². The van der Waals surface area contributed by atoms with Crippen LogP contribution < -0.4 is 4.72 Å². The van der Waals surface area contributed by atoms with Crippen molar-refractivity contribution in [2.24, 2.45) is 0 Å². The fraction of sp³-hybridized carbons (Fsp3) is 0.0714. The highest BCUT2D eigenvalue weighted by atomic mass is 35.5. The molecule has 0 aliphatic heterocycles. The monoisotopic (exact) mass is 361 g/mol. The zero-order valence-electron chi connectivity index (χ0n) is 11.6. The van der Waals surface area contributed by atoms with E-state index in [4.69, 9.17) is 16.7 Å². The van der Waals surface area contributed by atoms with E-state index in [0.29, 0.717) is 6.07 Å². The smallest absolute Gasteiger partial charge is 0.335 e. The van der Waals surface area contributed by atoms with Crippen LogP contribution in [0.3, 0.4) is 0 Å². The average Bonchev–Trinajstić information content (AvgIpc) is 2.44. The summed E-state index contributed by atoms with van der Waals surface area (Å²) in [6.45, 7) is 1.18. The lowest BCUT2D eigenvalue weighted by atomic mass is 10.1. The quantitative estimate of drug-likeness (QED) is 0.874. The Kier molecular flexibility index (Phi) is 4.58. The molecule has 9 heteroatoms. The summed E-state index contributed by atoms with van der Waals surface area (Å²) < 4.78 is 53.7. The maximum Gasteiger partial charge on any atom is 0.335 e. The van der Waals surface area contributed by atoms with Crippen LogP contribution in [0.25, 0.3) is 0 Å². The molecule has 0 unspecified atom stereocenters. The molecule has 0 saturated heterocycles. The van der Waals surface area contributed by atoms with Crippen LogP contribution in [0, 0.1) is 18.6 Å². The first-order chi connectivity index (χ1) is 10.6. The Hall–Kier alpha value is -2.19. The fourth-order valence-electron chi connectivity index (χ4n) is 1.83. The van der Waals surface area contributed by atoms with Crippen LogP contribution in [0.5, 0.6) is 0 Å². The summed E-state index contributed by atoms with van der Waals surface area (Å²) in [5.74, 6) is -3.20. The van der Waals surface area contributed by atoms with E-state index in [-0.39, 0.29) is 16.3 Å². The van der Waals surface area contributed by atoms with Crippen LogP contribution in [0.4, 0.5) is 14.5 Å². The number of aromatic carboxylic acids is 1. The standard InChI is InChI=1S/C14H10ClF2NO4S/c1-7-11(17)4-8(14(19)20)5-13(7)23(21,22)18-12-6-9(16)2-3-10(12)15/h2-6,18H,1H3,(H,19,20). The zero-order valence-corrected chi connectivity index (χ0v) is 13.2. The van der Waals surface area contributed by atoms with Crippen LogP contribution in [0.2, 0.25) is 5.02 Å². The second-order valence-electron chi connectivity index (χ2n) is 4.62. The van der Waals surface area contributed by atoms with E-state index >= 15 is 0 Å². The van der Waals surface area contributed by atoms with Crippen LogP contribution in [-0.2, 0) is 10.0 Å². The lowest BCUT2D eigenvalue weighted by molar-refractivity contribution is 0.0696. The van der Waals surface area contributed by atoms with Gasteiger partial charge in [-0.3, -0.25) is 4.72 Å². The van der Waals surface area contributed by atoms with Gasteiger partial charge in [-0.15, -0.1) is 0 Å². The third kappa shape index (κ3) is 3.59. The van der Waals surface area contributed by atoms with Crippen LogP contribution in [-0.4, -0.2) is 19.5 Å². The third-order valence-electron chi connectivity index (χ3n) is 3.01. The topological polar surface area (TPSA) is 83.5 Å². The van der Waals surface area contributed by atoms with Crippen molar-refractivity contribution >= 4 is 33.3 Å². The Balaban J connectivity index is 2.56. The lowest BCUT2D eigenvalue weighted by Gasteiger charge is -2.13. The number of hydrogen-bond acceptors (Lipinski definition) is 3. The first kappa shape index (κ1) is 17.2. The van der Waals surface area contributed by atoms with E-state index in [1.165, 1.54) is 6.92 Å². The molecule has 0 spiro atoms. The van der Waals surface area contributed by atoms with Crippen molar-refractivity contribution in [2.75, 3.05) is 4.72 Å². The number of anilines is 1. The van der Waals surface area contributed by atoms with Gasteiger partial charge in [0.05, 0.1) is 21.2 Å². The first-order valence-electron chi connectivity index (χ1n) is 6.13. The van der Waals surface area contributed by atoms with Crippen LogP contribution in [0.15, 0.2) is 35.2 Å². The first-order valence-corrected chi connectivity index (χ1v) is 7.99. The lowest BCUT2D eigenvalue weighted by Crippen LogP contribution is -2.16. The van der Waals surface area contributed by atoms with E-state index in [1.54, 1.807) is 0 Å². The van der Waals surface area contributed by atoms with Crippen LogP contribution in [0.1, 0.15) is 15.9 Å². The van der Waals surface area contributed by atoms with E-state index in [1.807, 2.05) is 4.72 Å². The molecule has 0 fully saturated rings. The van der Waals surface area contributed by atoms with Gasteiger partial charge in [0.1, 0.15) is 11.6 Å². The molecule has 5 nitrogen and oxygen atoms in total. The summed E-state index contributed by atoms with van der Waals surface area (Å²) in [4.78, 5) is 10.4. The van der Waals surface area contributed by atoms with Gasteiger partial charge < -0.3 is 5.11 Å². The second-order valence-corrected chi connectivity index (χ2v) is 6.67. The molecule has 2 N–H and O–H groups in total. The van der Waals surface area contributed by atoms with Gasteiger partial charge in [0.2, 0.25) is 0 Å². The number of carboxylic acids is 1. The summed E-state index contributed by atoms with van der Waals surface area (Å²) in [5.41, 5.74) is -1.04. The second kappa shape index (κ2) is 6.13. The molecular formula is C14H10ClF2NO4S. The Labute approximate surface area is 135 Å². The fourth-order valence-corrected chi connectivity index (χ4v) is 3.40. The van der Waals surface area contributed by atoms with Crippen molar-refractivity contribution in [3.63, 3.8) is 0 Å². The number of halogens is 3.